The first-order valence-electron chi connectivity index (χ1n) is 11.7. The zero-order valence-corrected chi connectivity index (χ0v) is 19.9. The molecule has 3 aromatic carbocycles. The fraction of sp³-hybridized carbons (Fsp3) is 0.321. The van der Waals surface area contributed by atoms with E-state index in [1.165, 1.54) is 16.9 Å². The standard InChI is InChI=1S/C28H34N4O/c1-22-8-7-9-24(20-22)28(33)29-21-27(23-12-14-25(15-13-23)30(2)3)32-18-16-31(17-19-32)26-10-5-4-6-11-26/h4-15,20,27H,16-19,21H2,1-3H3,(H,29,33)/t27-/m1/s1. The lowest BCUT2D eigenvalue weighted by Gasteiger charge is -2.40. The van der Waals surface area contributed by atoms with E-state index >= 15 is 0 Å². The van der Waals surface area contributed by atoms with Gasteiger partial charge in [-0.3, -0.25) is 9.69 Å². The number of nitrogens with one attached hydrogen (secondary N) is 1. The van der Waals surface area contributed by atoms with Crippen LogP contribution in [0.25, 0.3) is 0 Å². The molecule has 5 heteroatoms. The molecule has 1 atom stereocenters. The molecule has 1 aliphatic heterocycles. The zero-order chi connectivity index (χ0) is 23.2. The van der Waals surface area contributed by atoms with Crippen LogP contribution in [0.5, 0.6) is 0 Å². The molecule has 0 radical (unpaired) electrons. The smallest absolute Gasteiger partial charge is 0.251 e. The van der Waals surface area contributed by atoms with Gasteiger partial charge in [-0.15, -0.1) is 0 Å². The average molecular weight is 443 g/mol. The first-order chi connectivity index (χ1) is 16.0. The van der Waals surface area contributed by atoms with Crippen LogP contribution in [-0.4, -0.2) is 57.6 Å². The lowest BCUT2D eigenvalue weighted by Crippen LogP contribution is -2.50. The Labute approximate surface area is 197 Å². The number of para-hydroxylation sites is 1. The van der Waals surface area contributed by atoms with Gasteiger partial charge in [0.1, 0.15) is 0 Å². The fourth-order valence-corrected chi connectivity index (χ4v) is 4.46. The number of rotatable bonds is 7. The van der Waals surface area contributed by atoms with E-state index in [9.17, 15) is 4.79 Å². The summed E-state index contributed by atoms with van der Waals surface area (Å²) in [4.78, 5) is 19.9. The molecule has 5 nitrogen and oxygen atoms in total. The summed E-state index contributed by atoms with van der Waals surface area (Å²) in [7, 11) is 4.11. The molecule has 172 valence electrons. The lowest BCUT2D eigenvalue weighted by atomic mass is 10.0. The molecule has 1 N–H and O–H groups in total. The van der Waals surface area contributed by atoms with Gasteiger partial charge in [-0.2, -0.15) is 0 Å². The van der Waals surface area contributed by atoms with Gasteiger partial charge in [0.25, 0.3) is 5.91 Å². The molecule has 0 saturated carbocycles. The Hall–Kier alpha value is -3.31. The van der Waals surface area contributed by atoms with Gasteiger partial charge in [0, 0.05) is 63.8 Å². The first kappa shape index (κ1) is 22.9. The maximum Gasteiger partial charge on any atom is 0.251 e. The van der Waals surface area contributed by atoms with Gasteiger partial charge in [0.05, 0.1) is 6.04 Å². The van der Waals surface area contributed by atoms with Crippen LogP contribution in [-0.2, 0) is 0 Å². The Morgan fingerprint density at radius 1 is 0.909 bits per heavy atom. The maximum atomic E-state index is 12.9. The second-order valence-corrected chi connectivity index (χ2v) is 8.94. The minimum Gasteiger partial charge on any atom is -0.378 e. The van der Waals surface area contributed by atoms with E-state index in [4.69, 9.17) is 0 Å². The van der Waals surface area contributed by atoms with Crippen molar-refractivity contribution in [1.82, 2.24) is 10.2 Å². The van der Waals surface area contributed by atoms with E-state index in [2.05, 4.69) is 88.7 Å². The lowest BCUT2D eigenvalue weighted by molar-refractivity contribution is 0.0930. The van der Waals surface area contributed by atoms with Crippen molar-refractivity contribution >= 4 is 17.3 Å². The van der Waals surface area contributed by atoms with Crippen molar-refractivity contribution in [3.8, 4) is 0 Å². The molecule has 0 aromatic heterocycles. The third kappa shape index (κ3) is 5.74. The molecule has 1 heterocycles. The van der Waals surface area contributed by atoms with Crippen molar-refractivity contribution in [3.05, 3.63) is 95.6 Å². The summed E-state index contributed by atoms with van der Waals surface area (Å²) in [5, 5.41) is 3.20. The van der Waals surface area contributed by atoms with Crippen molar-refractivity contribution in [2.75, 3.05) is 56.6 Å². The van der Waals surface area contributed by atoms with Crippen molar-refractivity contribution in [2.45, 2.75) is 13.0 Å². The Kier molecular flexibility index (Phi) is 7.30. The predicted molar refractivity (Wildman–Crippen MR) is 137 cm³/mol. The van der Waals surface area contributed by atoms with Gasteiger partial charge in [0.15, 0.2) is 0 Å². The van der Waals surface area contributed by atoms with E-state index in [1.807, 2.05) is 31.2 Å². The summed E-state index contributed by atoms with van der Waals surface area (Å²) in [6.45, 7) is 6.45. The number of amides is 1. The van der Waals surface area contributed by atoms with E-state index in [1.54, 1.807) is 0 Å². The predicted octanol–water partition coefficient (Wildman–Crippen LogP) is 4.35. The molecule has 1 aliphatic rings. The summed E-state index contributed by atoms with van der Waals surface area (Å²) < 4.78 is 0. The van der Waals surface area contributed by atoms with E-state index < -0.39 is 0 Å². The fourth-order valence-electron chi connectivity index (χ4n) is 4.46. The summed E-state index contributed by atoms with van der Waals surface area (Å²) in [5.74, 6) is -0.0171. The third-order valence-corrected chi connectivity index (χ3v) is 6.41. The van der Waals surface area contributed by atoms with Gasteiger partial charge in [-0.1, -0.05) is 48.0 Å². The van der Waals surface area contributed by atoms with Crippen LogP contribution in [0.3, 0.4) is 0 Å². The number of anilines is 2. The topological polar surface area (TPSA) is 38.8 Å². The van der Waals surface area contributed by atoms with Crippen LogP contribution >= 0.6 is 0 Å². The average Bonchev–Trinajstić information content (AvgIpc) is 2.85. The highest BCUT2D eigenvalue weighted by atomic mass is 16.1. The van der Waals surface area contributed by atoms with Gasteiger partial charge >= 0.3 is 0 Å². The molecule has 0 spiro atoms. The second-order valence-electron chi connectivity index (χ2n) is 8.94. The molecule has 0 bridgehead atoms. The highest BCUT2D eigenvalue weighted by molar-refractivity contribution is 5.94. The minimum absolute atomic E-state index is 0.0171. The largest absolute Gasteiger partial charge is 0.378 e. The SMILES string of the molecule is Cc1cccc(C(=O)NC[C@H](c2ccc(N(C)C)cc2)N2CCN(c3ccccc3)CC2)c1. The van der Waals surface area contributed by atoms with Crippen molar-refractivity contribution in [1.29, 1.82) is 0 Å². The molecule has 0 unspecified atom stereocenters. The number of nitrogens with zero attached hydrogens (tertiary/aromatic N) is 3. The highest BCUT2D eigenvalue weighted by Crippen LogP contribution is 2.26. The summed E-state index contributed by atoms with van der Waals surface area (Å²) >= 11 is 0. The van der Waals surface area contributed by atoms with Crippen LogP contribution in [0.15, 0.2) is 78.9 Å². The van der Waals surface area contributed by atoms with Crippen LogP contribution in [0.4, 0.5) is 11.4 Å². The number of hydrogen-bond donors (Lipinski definition) is 1. The summed E-state index contributed by atoms with van der Waals surface area (Å²) in [6, 6.07) is 27.2. The number of carbonyl (C=O) groups is 1. The molecule has 4 rings (SSSR count). The minimum atomic E-state index is -0.0171. The van der Waals surface area contributed by atoms with Gasteiger partial charge < -0.3 is 15.1 Å². The summed E-state index contributed by atoms with van der Waals surface area (Å²) in [6.07, 6.45) is 0. The monoisotopic (exact) mass is 442 g/mol. The van der Waals surface area contributed by atoms with Crippen molar-refractivity contribution in [2.24, 2.45) is 0 Å². The number of benzene rings is 3. The Morgan fingerprint density at radius 2 is 1.61 bits per heavy atom. The normalized spacial score (nSPS) is 15.2. The van der Waals surface area contributed by atoms with Gasteiger partial charge in [-0.05, 0) is 48.9 Å². The molecule has 1 fully saturated rings. The van der Waals surface area contributed by atoms with Crippen LogP contribution < -0.4 is 15.1 Å². The molecule has 33 heavy (non-hydrogen) atoms. The van der Waals surface area contributed by atoms with Crippen molar-refractivity contribution in [3.63, 3.8) is 0 Å². The Balaban J connectivity index is 1.48. The third-order valence-electron chi connectivity index (χ3n) is 6.41. The molecule has 0 aliphatic carbocycles. The zero-order valence-electron chi connectivity index (χ0n) is 19.9. The maximum absolute atomic E-state index is 12.9. The van der Waals surface area contributed by atoms with E-state index in [0.717, 1.165) is 31.7 Å². The number of carbonyl (C=O) groups excluding carboxylic acids is 1. The molecule has 3 aromatic rings. The van der Waals surface area contributed by atoms with Gasteiger partial charge in [-0.25, -0.2) is 0 Å². The molecular formula is C28H34N4O. The second kappa shape index (κ2) is 10.5. The molecular weight excluding hydrogens is 408 g/mol. The molecule has 1 amide bonds. The van der Waals surface area contributed by atoms with Gasteiger partial charge in [0.2, 0.25) is 0 Å². The molecule has 1 saturated heterocycles. The number of aryl methyl sites for hydroxylation is 1. The van der Waals surface area contributed by atoms with Crippen LogP contribution in [0.1, 0.15) is 27.5 Å². The quantitative estimate of drug-likeness (QED) is 0.590. The Bertz CT molecular complexity index is 1040. The Morgan fingerprint density at radius 3 is 2.24 bits per heavy atom. The van der Waals surface area contributed by atoms with Crippen molar-refractivity contribution < 1.29 is 4.79 Å². The first-order valence-corrected chi connectivity index (χ1v) is 11.7. The van der Waals surface area contributed by atoms with E-state index in [0.29, 0.717) is 12.1 Å². The van der Waals surface area contributed by atoms with Crippen LogP contribution in [0, 0.1) is 6.92 Å². The number of piperazine rings is 1. The van der Waals surface area contributed by atoms with Crippen LogP contribution in [0.2, 0.25) is 0 Å². The highest BCUT2D eigenvalue weighted by Gasteiger charge is 2.26. The summed E-state index contributed by atoms with van der Waals surface area (Å²) in [5.41, 5.74) is 5.49. The number of hydrogen-bond acceptors (Lipinski definition) is 4. The van der Waals surface area contributed by atoms with E-state index in [-0.39, 0.29) is 11.9 Å².